The van der Waals surface area contributed by atoms with E-state index in [1.165, 1.54) is 5.56 Å². The summed E-state index contributed by atoms with van der Waals surface area (Å²) in [7, 11) is 0. The summed E-state index contributed by atoms with van der Waals surface area (Å²) < 4.78 is 17.9. The Hall–Kier alpha value is -2.57. The van der Waals surface area contributed by atoms with Gasteiger partial charge in [0.2, 0.25) is 0 Å². The molecule has 3 aliphatic rings. The second-order valence-electron chi connectivity index (χ2n) is 9.09. The molecule has 1 N–H and O–H groups in total. The summed E-state index contributed by atoms with van der Waals surface area (Å²) in [6.45, 7) is 6.94. The van der Waals surface area contributed by atoms with Crippen molar-refractivity contribution in [3.63, 3.8) is 0 Å². The highest BCUT2D eigenvalue weighted by molar-refractivity contribution is 6.04. The van der Waals surface area contributed by atoms with E-state index in [1.807, 2.05) is 42.5 Å². The Kier molecular flexibility index (Phi) is 5.36. The molecule has 2 heterocycles. The summed E-state index contributed by atoms with van der Waals surface area (Å²) in [4.78, 5) is 15.1. The minimum absolute atomic E-state index is 0.130. The van der Waals surface area contributed by atoms with Gasteiger partial charge in [-0.1, -0.05) is 12.1 Å². The Bertz CT molecular complexity index is 942. The van der Waals surface area contributed by atoms with Gasteiger partial charge in [0.15, 0.2) is 11.5 Å². The van der Waals surface area contributed by atoms with Gasteiger partial charge in [-0.25, -0.2) is 0 Å². The fourth-order valence-corrected chi connectivity index (χ4v) is 4.93. The molecule has 0 bridgehead atoms. The van der Waals surface area contributed by atoms with Gasteiger partial charge in [0.25, 0.3) is 11.7 Å². The van der Waals surface area contributed by atoms with Crippen LogP contribution in [0.3, 0.4) is 0 Å². The van der Waals surface area contributed by atoms with E-state index in [4.69, 9.17) is 14.2 Å². The number of fused-ring (bicyclic) bond motifs is 1. The lowest BCUT2D eigenvalue weighted by Gasteiger charge is -2.35. The number of carbonyl (C=O) groups excluding carboxylic acids is 1. The molecule has 0 aromatic heterocycles. The lowest BCUT2D eigenvalue weighted by Crippen LogP contribution is -2.44. The van der Waals surface area contributed by atoms with Crippen LogP contribution in [-0.4, -0.2) is 41.9 Å². The first kappa shape index (κ1) is 20.3. The molecule has 31 heavy (non-hydrogen) atoms. The second-order valence-corrected chi connectivity index (χ2v) is 9.09. The van der Waals surface area contributed by atoms with Crippen LogP contribution in [0, 0.1) is 0 Å². The number of nitrogens with zero attached hydrogens (tertiary/aromatic N) is 1. The van der Waals surface area contributed by atoms with Crippen molar-refractivity contribution in [2.75, 3.05) is 18.4 Å². The number of hydrogen-bond acceptors (Lipinski definition) is 5. The van der Waals surface area contributed by atoms with Gasteiger partial charge in [-0.05, 0) is 56.5 Å². The van der Waals surface area contributed by atoms with Gasteiger partial charge in [-0.2, -0.15) is 0 Å². The van der Waals surface area contributed by atoms with Gasteiger partial charge in [0.05, 0.1) is 12.2 Å². The van der Waals surface area contributed by atoms with Crippen molar-refractivity contribution in [1.29, 1.82) is 0 Å². The van der Waals surface area contributed by atoms with E-state index in [2.05, 4.69) is 24.1 Å². The number of hydrogen-bond donors (Lipinski definition) is 1. The Morgan fingerprint density at radius 1 is 1.00 bits per heavy atom. The molecule has 1 saturated carbocycles. The van der Waals surface area contributed by atoms with Crippen LogP contribution in [0.15, 0.2) is 42.5 Å². The van der Waals surface area contributed by atoms with Gasteiger partial charge in [-0.3, -0.25) is 9.69 Å². The van der Waals surface area contributed by atoms with E-state index in [9.17, 15) is 4.79 Å². The summed E-state index contributed by atoms with van der Waals surface area (Å²) >= 11 is 0. The molecule has 164 valence electrons. The first-order valence-electron chi connectivity index (χ1n) is 11.3. The molecule has 1 amide bonds. The summed E-state index contributed by atoms with van der Waals surface area (Å²) in [5, 5.41) is 2.98. The quantitative estimate of drug-likeness (QED) is 0.781. The zero-order valence-electron chi connectivity index (χ0n) is 18.2. The van der Waals surface area contributed by atoms with Gasteiger partial charge in [0, 0.05) is 49.8 Å². The topological polar surface area (TPSA) is 60.0 Å². The zero-order valence-corrected chi connectivity index (χ0v) is 18.2. The number of carbonyl (C=O) groups is 1. The maximum absolute atomic E-state index is 12.7. The van der Waals surface area contributed by atoms with Crippen molar-refractivity contribution >= 4 is 11.6 Å². The summed E-state index contributed by atoms with van der Waals surface area (Å²) in [6, 6.07) is 13.4. The van der Waals surface area contributed by atoms with Crippen LogP contribution in [-0.2, 0) is 11.3 Å². The Morgan fingerprint density at radius 2 is 1.68 bits per heavy atom. The van der Waals surface area contributed by atoms with Crippen molar-refractivity contribution < 1.29 is 19.0 Å². The number of amides is 1. The highest BCUT2D eigenvalue weighted by Crippen LogP contribution is 2.47. The van der Waals surface area contributed by atoms with E-state index in [0.717, 1.165) is 51.1 Å². The molecule has 0 radical (unpaired) electrons. The van der Waals surface area contributed by atoms with Crippen LogP contribution in [0.25, 0.3) is 0 Å². The molecule has 2 aromatic rings. The average molecular weight is 423 g/mol. The van der Waals surface area contributed by atoms with Crippen LogP contribution in [0.4, 0.5) is 5.69 Å². The molecular weight excluding hydrogens is 392 g/mol. The molecule has 2 aliphatic heterocycles. The highest BCUT2D eigenvalue weighted by Gasteiger charge is 2.44. The zero-order chi connectivity index (χ0) is 21.4. The molecule has 6 nitrogen and oxygen atoms in total. The normalized spacial score (nSPS) is 24.5. The smallest absolute Gasteiger partial charge is 0.255 e. The van der Waals surface area contributed by atoms with E-state index >= 15 is 0 Å². The predicted octanol–water partition coefficient (Wildman–Crippen LogP) is 4.59. The molecule has 2 aromatic carbocycles. The molecule has 2 atom stereocenters. The van der Waals surface area contributed by atoms with E-state index in [-0.39, 0.29) is 18.1 Å². The Labute approximate surface area is 183 Å². The number of anilines is 1. The number of nitrogens with one attached hydrogen (secondary N) is 1. The van der Waals surface area contributed by atoms with Crippen LogP contribution in [0.2, 0.25) is 0 Å². The SMILES string of the molecule is CC1CN(Cc2ccc(C(=O)Nc3ccc4c(c3)OC3(CCCC3)O4)cc2)CC(C)O1. The van der Waals surface area contributed by atoms with Crippen LogP contribution in [0.1, 0.15) is 55.5 Å². The Morgan fingerprint density at radius 3 is 2.39 bits per heavy atom. The van der Waals surface area contributed by atoms with Crippen molar-refractivity contribution in [2.24, 2.45) is 0 Å². The van der Waals surface area contributed by atoms with Crippen molar-refractivity contribution in [2.45, 2.75) is 64.1 Å². The largest absolute Gasteiger partial charge is 0.448 e. The molecule has 1 aliphatic carbocycles. The third-order valence-electron chi connectivity index (χ3n) is 6.28. The van der Waals surface area contributed by atoms with Crippen LogP contribution in [0.5, 0.6) is 11.5 Å². The summed E-state index contributed by atoms with van der Waals surface area (Å²) in [5.74, 6) is 0.853. The van der Waals surface area contributed by atoms with Crippen molar-refractivity contribution in [3.05, 3.63) is 53.6 Å². The fourth-order valence-electron chi connectivity index (χ4n) is 4.93. The predicted molar refractivity (Wildman–Crippen MR) is 119 cm³/mol. The fraction of sp³-hybridized carbons (Fsp3) is 0.480. The lowest BCUT2D eigenvalue weighted by molar-refractivity contribution is -0.0717. The summed E-state index contributed by atoms with van der Waals surface area (Å²) in [5.41, 5.74) is 2.54. The monoisotopic (exact) mass is 422 g/mol. The molecule has 2 fully saturated rings. The van der Waals surface area contributed by atoms with Gasteiger partial charge in [-0.15, -0.1) is 0 Å². The van der Waals surface area contributed by atoms with Gasteiger partial charge < -0.3 is 19.5 Å². The third-order valence-corrected chi connectivity index (χ3v) is 6.28. The lowest BCUT2D eigenvalue weighted by atomic mass is 10.1. The Balaban J connectivity index is 1.20. The minimum Gasteiger partial charge on any atom is -0.448 e. The van der Waals surface area contributed by atoms with Crippen molar-refractivity contribution in [3.8, 4) is 11.5 Å². The van der Waals surface area contributed by atoms with Crippen molar-refractivity contribution in [1.82, 2.24) is 4.90 Å². The van der Waals surface area contributed by atoms with E-state index < -0.39 is 5.79 Å². The standard InChI is InChI=1S/C25H30N2O4/c1-17-14-27(15-18(2)29-17)16-19-5-7-20(8-6-19)24(28)26-21-9-10-22-23(13-21)31-25(30-22)11-3-4-12-25/h5-10,13,17-18H,3-4,11-12,14-16H2,1-2H3,(H,26,28). The van der Waals surface area contributed by atoms with Crippen LogP contribution >= 0.6 is 0 Å². The molecule has 6 heteroatoms. The highest BCUT2D eigenvalue weighted by atomic mass is 16.7. The summed E-state index contributed by atoms with van der Waals surface area (Å²) in [6.07, 6.45) is 4.57. The first-order chi connectivity index (χ1) is 15.0. The second kappa shape index (κ2) is 8.17. The molecule has 1 saturated heterocycles. The van der Waals surface area contributed by atoms with E-state index in [0.29, 0.717) is 17.0 Å². The van der Waals surface area contributed by atoms with E-state index in [1.54, 1.807) is 0 Å². The molecule has 2 unspecified atom stereocenters. The molecule has 5 rings (SSSR count). The maximum atomic E-state index is 12.7. The number of rotatable bonds is 4. The van der Waals surface area contributed by atoms with Gasteiger partial charge in [0.1, 0.15) is 0 Å². The number of benzene rings is 2. The molecule has 1 spiro atoms. The van der Waals surface area contributed by atoms with Gasteiger partial charge >= 0.3 is 0 Å². The van der Waals surface area contributed by atoms with Crippen LogP contribution < -0.4 is 14.8 Å². The number of ether oxygens (including phenoxy) is 3. The third kappa shape index (κ3) is 4.41. The first-order valence-corrected chi connectivity index (χ1v) is 11.3. The minimum atomic E-state index is -0.489. The molecular formula is C25H30N2O4. The average Bonchev–Trinajstić information content (AvgIpc) is 3.33. The number of morpholine rings is 1. The maximum Gasteiger partial charge on any atom is 0.255 e.